The third-order valence-electron chi connectivity index (χ3n) is 3.86. The second kappa shape index (κ2) is 3.88. The number of furan rings is 1. The number of fused-ring (bicyclic) bond motifs is 1. The third kappa shape index (κ3) is 2.09. The van der Waals surface area contributed by atoms with Gasteiger partial charge in [-0.3, -0.25) is 0 Å². The van der Waals surface area contributed by atoms with Gasteiger partial charge in [-0.1, -0.05) is 25.1 Å². The van der Waals surface area contributed by atoms with Gasteiger partial charge in [-0.2, -0.15) is 0 Å². The van der Waals surface area contributed by atoms with Crippen molar-refractivity contribution in [2.75, 3.05) is 6.54 Å². The van der Waals surface area contributed by atoms with Gasteiger partial charge in [0, 0.05) is 24.0 Å². The van der Waals surface area contributed by atoms with Crippen LogP contribution in [0.25, 0.3) is 11.0 Å². The Morgan fingerprint density at radius 3 is 2.82 bits per heavy atom. The maximum atomic E-state index is 5.76. The van der Waals surface area contributed by atoms with Crippen molar-refractivity contribution in [2.24, 2.45) is 5.41 Å². The van der Waals surface area contributed by atoms with Gasteiger partial charge in [0.05, 0.1) is 0 Å². The summed E-state index contributed by atoms with van der Waals surface area (Å²) in [5.41, 5.74) is 2.87. The molecule has 1 saturated carbocycles. The lowest BCUT2D eigenvalue weighted by Crippen LogP contribution is -2.21. The van der Waals surface area contributed by atoms with Crippen LogP contribution in [-0.4, -0.2) is 6.54 Å². The third-order valence-corrected chi connectivity index (χ3v) is 3.86. The lowest BCUT2D eigenvalue weighted by Gasteiger charge is -2.09. The van der Waals surface area contributed by atoms with Crippen LogP contribution < -0.4 is 5.32 Å². The van der Waals surface area contributed by atoms with E-state index in [-0.39, 0.29) is 0 Å². The average Bonchev–Trinajstić information content (AvgIpc) is 2.95. The second-order valence-corrected chi connectivity index (χ2v) is 5.55. The fourth-order valence-electron chi connectivity index (χ4n) is 2.32. The van der Waals surface area contributed by atoms with Crippen molar-refractivity contribution in [1.82, 2.24) is 5.32 Å². The predicted octanol–water partition coefficient (Wildman–Crippen LogP) is 3.63. The van der Waals surface area contributed by atoms with E-state index in [0.717, 1.165) is 24.4 Å². The summed E-state index contributed by atoms with van der Waals surface area (Å²) in [4.78, 5) is 0. The summed E-state index contributed by atoms with van der Waals surface area (Å²) in [6.07, 6.45) is 2.73. The molecule has 0 atom stereocenters. The van der Waals surface area contributed by atoms with Gasteiger partial charge in [0.1, 0.15) is 11.3 Å². The van der Waals surface area contributed by atoms with Crippen molar-refractivity contribution >= 4 is 11.0 Å². The molecule has 1 heterocycles. The summed E-state index contributed by atoms with van der Waals surface area (Å²) < 4.78 is 5.76. The second-order valence-electron chi connectivity index (χ2n) is 5.55. The van der Waals surface area contributed by atoms with Crippen LogP contribution in [0.3, 0.4) is 0 Å². The summed E-state index contributed by atoms with van der Waals surface area (Å²) >= 11 is 0. The molecule has 1 aromatic carbocycles. The SMILES string of the molecule is Cc1oc2ccccc2c1CNCC1(C)CC1. The number of rotatable bonds is 4. The van der Waals surface area contributed by atoms with E-state index < -0.39 is 0 Å². The summed E-state index contributed by atoms with van der Waals surface area (Å²) in [5, 5.41) is 4.81. The molecule has 2 heteroatoms. The van der Waals surface area contributed by atoms with Crippen molar-refractivity contribution < 1.29 is 4.42 Å². The molecule has 1 fully saturated rings. The molecule has 1 N–H and O–H groups in total. The topological polar surface area (TPSA) is 25.2 Å². The summed E-state index contributed by atoms with van der Waals surface area (Å²) in [6.45, 7) is 6.43. The Hall–Kier alpha value is -1.28. The largest absolute Gasteiger partial charge is 0.461 e. The molecule has 3 rings (SSSR count). The van der Waals surface area contributed by atoms with Gasteiger partial charge in [-0.05, 0) is 31.2 Å². The molecule has 0 radical (unpaired) electrons. The Morgan fingerprint density at radius 2 is 2.06 bits per heavy atom. The first-order chi connectivity index (χ1) is 8.18. The summed E-state index contributed by atoms with van der Waals surface area (Å²) in [6, 6.07) is 8.27. The molecule has 17 heavy (non-hydrogen) atoms. The van der Waals surface area contributed by atoms with Gasteiger partial charge in [-0.25, -0.2) is 0 Å². The zero-order valence-electron chi connectivity index (χ0n) is 10.5. The van der Waals surface area contributed by atoms with Crippen molar-refractivity contribution in [2.45, 2.75) is 33.2 Å². The Bertz CT molecular complexity index is 537. The molecule has 2 nitrogen and oxygen atoms in total. The Kier molecular flexibility index (Phi) is 2.48. The molecule has 1 aliphatic carbocycles. The van der Waals surface area contributed by atoms with E-state index in [9.17, 15) is 0 Å². The lowest BCUT2D eigenvalue weighted by molar-refractivity contribution is 0.494. The zero-order chi connectivity index (χ0) is 11.9. The first-order valence-corrected chi connectivity index (χ1v) is 6.36. The molecule has 0 spiro atoms. The van der Waals surface area contributed by atoms with Gasteiger partial charge < -0.3 is 9.73 Å². The summed E-state index contributed by atoms with van der Waals surface area (Å²) in [7, 11) is 0. The van der Waals surface area contributed by atoms with Crippen LogP contribution in [0.4, 0.5) is 0 Å². The normalized spacial score (nSPS) is 17.5. The van der Waals surface area contributed by atoms with Crippen LogP contribution in [0.5, 0.6) is 0 Å². The molecule has 0 aliphatic heterocycles. The van der Waals surface area contributed by atoms with E-state index in [1.807, 2.05) is 12.1 Å². The molecule has 0 saturated heterocycles. The van der Waals surface area contributed by atoms with Crippen molar-refractivity contribution in [3.8, 4) is 0 Å². The van der Waals surface area contributed by atoms with Gasteiger partial charge in [0.2, 0.25) is 0 Å². The first-order valence-electron chi connectivity index (χ1n) is 6.36. The number of benzene rings is 1. The monoisotopic (exact) mass is 229 g/mol. The zero-order valence-corrected chi connectivity index (χ0v) is 10.5. The quantitative estimate of drug-likeness (QED) is 0.866. The molecule has 0 bridgehead atoms. The van der Waals surface area contributed by atoms with E-state index in [0.29, 0.717) is 5.41 Å². The van der Waals surface area contributed by atoms with Gasteiger partial charge in [0.15, 0.2) is 0 Å². The van der Waals surface area contributed by atoms with Gasteiger partial charge >= 0.3 is 0 Å². The molecular weight excluding hydrogens is 210 g/mol. The van der Waals surface area contributed by atoms with Crippen molar-refractivity contribution in [3.05, 3.63) is 35.6 Å². The number of hydrogen-bond donors (Lipinski definition) is 1. The summed E-state index contributed by atoms with van der Waals surface area (Å²) in [5.74, 6) is 1.04. The smallest absolute Gasteiger partial charge is 0.134 e. The fourth-order valence-corrected chi connectivity index (χ4v) is 2.32. The number of aryl methyl sites for hydroxylation is 1. The molecule has 90 valence electrons. The van der Waals surface area contributed by atoms with Crippen LogP contribution in [0.15, 0.2) is 28.7 Å². The van der Waals surface area contributed by atoms with Crippen molar-refractivity contribution in [1.29, 1.82) is 0 Å². The lowest BCUT2D eigenvalue weighted by atomic mass is 10.1. The minimum atomic E-state index is 0.563. The minimum Gasteiger partial charge on any atom is -0.461 e. The van der Waals surface area contributed by atoms with Crippen LogP contribution in [-0.2, 0) is 6.54 Å². The van der Waals surface area contributed by atoms with E-state index in [4.69, 9.17) is 4.42 Å². The fraction of sp³-hybridized carbons (Fsp3) is 0.467. The standard InChI is InChI=1S/C15H19NO/c1-11-13(9-16-10-15(2)7-8-15)12-5-3-4-6-14(12)17-11/h3-6,16H,7-10H2,1-2H3. The van der Waals surface area contributed by atoms with E-state index in [1.54, 1.807) is 0 Å². The Labute approximate surface area is 102 Å². The molecular formula is C15H19NO. The maximum Gasteiger partial charge on any atom is 0.134 e. The first kappa shape index (κ1) is 10.8. The molecule has 0 unspecified atom stereocenters. The highest BCUT2D eigenvalue weighted by Gasteiger charge is 2.36. The highest BCUT2D eigenvalue weighted by atomic mass is 16.3. The highest BCUT2D eigenvalue weighted by Crippen LogP contribution is 2.44. The van der Waals surface area contributed by atoms with E-state index in [1.165, 1.54) is 23.8 Å². The number of nitrogens with one attached hydrogen (secondary N) is 1. The van der Waals surface area contributed by atoms with Gasteiger partial charge in [-0.15, -0.1) is 0 Å². The Morgan fingerprint density at radius 1 is 1.29 bits per heavy atom. The van der Waals surface area contributed by atoms with Crippen molar-refractivity contribution in [3.63, 3.8) is 0 Å². The van der Waals surface area contributed by atoms with Crippen LogP contribution in [0.2, 0.25) is 0 Å². The highest BCUT2D eigenvalue weighted by molar-refractivity contribution is 5.82. The Balaban J connectivity index is 1.77. The average molecular weight is 229 g/mol. The van der Waals surface area contributed by atoms with Crippen LogP contribution in [0.1, 0.15) is 31.1 Å². The maximum absolute atomic E-state index is 5.76. The minimum absolute atomic E-state index is 0.563. The van der Waals surface area contributed by atoms with Crippen LogP contribution >= 0.6 is 0 Å². The van der Waals surface area contributed by atoms with Crippen LogP contribution in [0, 0.1) is 12.3 Å². The predicted molar refractivity (Wildman–Crippen MR) is 70.0 cm³/mol. The van der Waals surface area contributed by atoms with Gasteiger partial charge in [0.25, 0.3) is 0 Å². The number of hydrogen-bond acceptors (Lipinski definition) is 2. The van der Waals surface area contributed by atoms with E-state index >= 15 is 0 Å². The molecule has 0 amide bonds. The molecule has 1 aromatic heterocycles. The molecule has 2 aromatic rings. The number of para-hydroxylation sites is 1. The van der Waals surface area contributed by atoms with E-state index in [2.05, 4.69) is 31.3 Å². The molecule has 1 aliphatic rings.